The van der Waals surface area contributed by atoms with Gasteiger partial charge in [-0.2, -0.15) is 4.72 Å². The molecule has 0 saturated heterocycles. The van der Waals surface area contributed by atoms with Crippen molar-refractivity contribution >= 4 is 58.5 Å². The van der Waals surface area contributed by atoms with Crippen molar-refractivity contribution in [3.8, 4) is 0 Å². The molecular formula is C6H11NNaO5PS2. The van der Waals surface area contributed by atoms with Gasteiger partial charge in [0, 0.05) is 7.11 Å². The first-order valence-corrected chi connectivity index (χ1v) is 7.91. The van der Waals surface area contributed by atoms with E-state index in [1.807, 2.05) is 4.72 Å². The maximum absolute atomic E-state index is 11.5. The van der Waals surface area contributed by atoms with Gasteiger partial charge in [0.1, 0.15) is 10.5 Å². The number of sulfonamides is 1. The van der Waals surface area contributed by atoms with Gasteiger partial charge in [-0.3, -0.25) is 4.57 Å². The first-order chi connectivity index (χ1) is 6.87. The molecule has 0 saturated carbocycles. The quantitative estimate of drug-likeness (QED) is 0.596. The van der Waals surface area contributed by atoms with E-state index in [1.54, 1.807) is 11.4 Å². The standard InChI is InChI=1S/C6H10NO5PS2.Na.H/c1-12-13(8,9)5-7-15(10,11)6-3-2-4-14-6;;/h2-4,7H,5H2,1H3,(H,8,9);;. The fraction of sp³-hybridized carbons (Fsp3) is 0.333. The summed E-state index contributed by atoms with van der Waals surface area (Å²) in [6, 6.07) is 2.98. The molecule has 0 fully saturated rings. The Morgan fingerprint density at radius 2 is 2.25 bits per heavy atom. The van der Waals surface area contributed by atoms with E-state index in [0.717, 1.165) is 18.4 Å². The predicted octanol–water partition coefficient (Wildman–Crippen LogP) is 0.167. The molecule has 1 heterocycles. The zero-order valence-electron chi connectivity index (χ0n) is 7.78. The van der Waals surface area contributed by atoms with Gasteiger partial charge < -0.3 is 9.42 Å². The Hall–Kier alpha value is 0.760. The summed E-state index contributed by atoms with van der Waals surface area (Å²) in [5.41, 5.74) is 0. The molecule has 6 nitrogen and oxygen atoms in total. The van der Waals surface area contributed by atoms with E-state index in [-0.39, 0.29) is 33.8 Å². The van der Waals surface area contributed by atoms with E-state index in [0.29, 0.717) is 0 Å². The van der Waals surface area contributed by atoms with E-state index in [1.165, 1.54) is 6.07 Å². The Labute approximate surface area is 120 Å². The second-order valence-corrected chi connectivity index (χ2v) is 7.46. The Morgan fingerprint density at radius 1 is 1.62 bits per heavy atom. The first-order valence-electron chi connectivity index (χ1n) is 3.78. The molecule has 10 heteroatoms. The molecule has 0 aliphatic rings. The molecule has 0 amide bonds. The summed E-state index contributed by atoms with van der Waals surface area (Å²) in [5.74, 6) is 0. The Morgan fingerprint density at radius 3 is 2.69 bits per heavy atom. The average Bonchev–Trinajstić information content (AvgIpc) is 2.69. The van der Waals surface area contributed by atoms with E-state index in [9.17, 15) is 13.0 Å². The van der Waals surface area contributed by atoms with Crippen LogP contribution in [0.4, 0.5) is 0 Å². The van der Waals surface area contributed by atoms with Crippen LogP contribution in [0, 0.1) is 0 Å². The van der Waals surface area contributed by atoms with Crippen LogP contribution in [0.3, 0.4) is 0 Å². The van der Waals surface area contributed by atoms with Crippen LogP contribution in [0.5, 0.6) is 0 Å². The van der Waals surface area contributed by atoms with Crippen molar-refractivity contribution in [2.24, 2.45) is 0 Å². The van der Waals surface area contributed by atoms with Crippen LogP contribution >= 0.6 is 18.9 Å². The van der Waals surface area contributed by atoms with Gasteiger partial charge in [0.2, 0.25) is 0 Å². The molecular weight excluding hydrogens is 284 g/mol. The number of hydrogen-bond donors (Lipinski definition) is 2. The molecule has 0 radical (unpaired) electrons. The molecule has 2 N–H and O–H groups in total. The van der Waals surface area contributed by atoms with Crippen molar-refractivity contribution in [1.82, 2.24) is 4.72 Å². The molecule has 0 bridgehead atoms. The topological polar surface area (TPSA) is 92.7 Å². The van der Waals surface area contributed by atoms with Crippen molar-refractivity contribution in [2.45, 2.75) is 4.21 Å². The van der Waals surface area contributed by atoms with Crippen LogP contribution in [0.15, 0.2) is 21.7 Å². The van der Waals surface area contributed by atoms with Gasteiger partial charge in [-0.25, -0.2) is 8.42 Å². The molecule has 0 spiro atoms. The van der Waals surface area contributed by atoms with Gasteiger partial charge in [0.05, 0.1) is 0 Å². The fourth-order valence-electron chi connectivity index (χ4n) is 0.719. The molecule has 1 aromatic rings. The number of rotatable bonds is 5. The van der Waals surface area contributed by atoms with Gasteiger partial charge in [0.15, 0.2) is 0 Å². The van der Waals surface area contributed by atoms with Crippen molar-refractivity contribution in [1.29, 1.82) is 0 Å². The van der Waals surface area contributed by atoms with Gasteiger partial charge in [-0.1, -0.05) is 6.07 Å². The zero-order chi connectivity index (χ0) is 11.5. The summed E-state index contributed by atoms with van der Waals surface area (Å²) in [7, 11) is -6.52. The predicted molar refractivity (Wildman–Crippen MR) is 63.5 cm³/mol. The van der Waals surface area contributed by atoms with Crippen LogP contribution in [-0.4, -0.2) is 56.3 Å². The fourth-order valence-corrected chi connectivity index (χ4v) is 3.88. The monoisotopic (exact) mass is 295 g/mol. The SMILES string of the molecule is COP(=O)(O)CNS(=O)(=O)c1cccs1.[NaH]. The zero-order valence-corrected chi connectivity index (χ0v) is 10.3. The van der Waals surface area contributed by atoms with Gasteiger partial charge in [0.25, 0.3) is 10.0 Å². The number of hydrogen-bond acceptors (Lipinski definition) is 5. The van der Waals surface area contributed by atoms with Crippen LogP contribution in [0.25, 0.3) is 0 Å². The summed E-state index contributed by atoms with van der Waals surface area (Å²) >= 11 is 1.03. The molecule has 16 heavy (non-hydrogen) atoms. The molecule has 1 atom stereocenters. The van der Waals surface area contributed by atoms with E-state index < -0.39 is 23.9 Å². The van der Waals surface area contributed by atoms with Gasteiger partial charge >= 0.3 is 37.2 Å². The van der Waals surface area contributed by atoms with Crippen LogP contribution in [0.2, 0.25) is 0 Å². The van der Waals surface area contributed by atoms with Crippen LogP contribution < -0.4 is 4.72 Å². The molecule has 1 unspecified atom stereocenters. The average molecular weight is 295 g/mol. The molecule has 88 valence electrons. The molecule has 1 rings (SSSR count). The van der Waals surface area contributed by atoms with Crippen LogP contribution in [-0.2, 0) is 19.1 Å². The minimum absolute atomic E-state index is 0. The van der Waals surface area contributed by atoms with E-state index in [2.05, 4.69) is 4.52 Å². The number of nitrogens with one attached hydrogen (secondary N) is 1. The van der Waals surface area contributed by atoms with Gasteiger partial charge in [-0.05, 0) is 11.4 Å². The van der Waals surface area contributed by atoms with E-state index >= 15 is 0 Å². The summed E-state index contributed by atoms with van der Waals surface area (Å²) in [4.78, 5) is 8.99. The molecule has 0 aliphatic carbocycles. The second kappa shape index (κ2) is 6.63. The normalized spacial score (nSPS) is 15.1. The number of thiophene rings is 1. The summed E-state index contributed by atoms with van der Waals surface area (Å²) < 4.78 is 40.3. The minimum atomic E-state index is -3.86. The first kappa shape index (κ1) is 16.8. The third-order valence-corrected chi connectivity index (χ3v) is 5.64. The van der Waals surface area contributed by atoms with Crippen molar-refractivity contribution in [3.63, 3.8) is 0 Å². The molecule has 0 aromatic carbocycles. The molecule has 1 aromatic heterocycles. The Bertz CT molecular complexity index is 459. The second-order valence-electron chi connectivity index (χ2n) is 2.56. The van der Waals surface area contributed by atoms with Gasteiger partial charge in [-0.15, -0.1) is 11.3 Å². The maximum atomic E-state index is 11.5. The van der Waals surface area contributed by atoms with E-state index in [4.69, 9.17) is 4.89 Å². The third-order valence-electron chi connectivity index (χ3n) is 1.50. The summed E-state index contributed by atoms with van der Waals surface area (Å²) in [6.07, 6.45) is -0.635. The Balaban J connectivity index is 0.00000225. The van der Waals surface area contributed by atoms with Crippen LogP contribution in [0.1, 0.15) is 0 Å². The third kappa shape index (κ3) is 4.95. The van der Waals surface area contributed by atoms with Crippen molar-refractivity contribution in [3.05, 3.63) is 17.5 Å². The molecule has 0 aliphatic heterocycles. The van der Waals surface area contributed by atoms with Crippen molar-refractivity contribution < 1.29 is 22.4 Å². The summed E-state index contributed by atoms with van der Waals surface area (Å²) in [6.45, 7) is 0. The Kier molecular flexibility index (Phi) is 6.94. The van der Waals surface area contributed by atoms with Crippen molar-refractivity contribution in [2.75, 3.05) is 13.4 Å². The summed E-state index contributed by atoms with van der Waals surface area (Å²) in [5, 5.41) is 1.60.